The monoisotopic (exact) mass is 230 g/mol. The maximum atomic E-state index is 5.73. The fraction of sp³-hybridized carbons (Fsp3) is 0.429. The molecule has 0 amide bonds. The molecule has 84 valence electrons. The predicted octanol–water partition coefficient (Wildman–Crippen LogP) is 3.18. The molecule has 1 nitrogen and oxygen atoms in total. The van der Waals surface area contributed by atoms with Gasteiger partial charge in [0.15, 0.2) is 6.10 Å². The number of ether oxygens (including phenoxy) is 1. The van der Waals surface area contributed by atoms with E-state index in [1.807, 2.05) is 18.2 Å². The molecule has 2 atom stereocenters. The molecule has 0 aliphatic carbocycles. The minimum Gasteiger partial charge on any atom is -0.347 e. The molecule has 1 saturated heterocycles. The van der Waals surface area contributed by atoms with Gasteiger partial charge in [-0.2, -0.15) is 0 Å². The van der Waals surface area contributed by atoms with Gasteiger partial charge in [0.05, 0.1) is 0 Å². The summed E-state index contributed by atoms with van der Waals surface area (Å²) in [7, 11) is -1.28. The van der Waals surface area contributed by atoms with E-state index in [1.54, 1.807) is 0 Å². The summed E-state index contributed by atoms with van der Waals surface area (Å²) in [5.41, 5.74) is 4.43. The molecule has 1 aromatic carbocycles. The molecule has 1 aliphatic heterocycles. The van der Waals surface area contributed by atoms with E-state index < -0.39 is 8.07 Å². The van der Waals surface area contributed by atoms with Crippen LogP contribution in [-0.2, 0) is 10.3 Å². The molecule has 0 spiro atoms. The van der Waals surface area contributed by atoms with Gasteiger partial charge in [0, 0.05) is 0 Å². The lowest BCUT2D eigenvalue weighted by molar-refractivity contribution is 0.322. The Labute approximate surface area is 98.8 Å². The first-order valence-electron chi connectivity index (χ1n) is 5.68. The van der Waals surface area contributed by atoms with Gasteiger partial charge in [-0.25, -0.2) is 0 Å². The Balaban J connectivity index is 2.13. The molecule has 2 heteroatoms. The number of rotatable bonds is 1. The van der Waals surface area contributed by atoms with E-state index >= 15 is 0 Å². The zero-order valence-corrected chi connectivity index (χ0v) is 11.4. The van der Waals surface area contributed by atoms with Gasteiger partial charge in [-0.05, 0) is 12.5 Å². The molecule has 1 aliphatic rings. The Bertz CT molecular complexity index is 435. The van der Waals surface area contributed by atoms with E-state index in [2.05, 4.69) is 50.2 Å². The van der Waals surface area contributed by atoms with Crippen molar-refractivity contribution in [3.05, 3.63) is 35.9 Å². The van der Waals surface area contributed by atoms with Crippen molar-refractivity contribution in [3.63, 3.8) is 0 Å². The Hall–Kier alpha value is -1.04. The number of benzene rings is 1. The van der Waals surface area contributed by atoms with Crippen molar-refractivity contribution in [2.24, 2.45) is 0 Å². The molecule has 0 N–H and O–H groups in total. The topological polar surface area (TPSA) is 12.5 Å². The molecule has 2 rings (SSSR count). The second-order valence-electron chi connectivity index (χ2n) is 5.49. The quantitative estimate of drug-likeness (QED) is 0.410. The maximum absolute atomic E-state index is 5.73. The summed E-state index contributed by atoms with van der Waals surface area (Å²) in [5.74, 6) is 3.28. The zero-order valence-electron chi connectivity index (χ0n) is 10.4. The molecule has 1 heterocycles. The van der Waals surface area contributed by atoms with Crippen molar-refractivity contribution in [1.82, 2.24) is 0 Å². The minimum absolute atomic E-state index is 0.0848. The van der Waals surface area contributed by atoms with Crippen LogP contribution in [0.4, 0.5) is 0 Å². The van der Waals surface area contributed by atoms with Gasteiger partial charge < -0.3 is 4.74 Å². The Kier molecular flexibility index (Phi) is 2.69. The van der Waals surface area contributed by atoms with Crippen LogP contribution >= 0.6 is 0 Å². The van der Waals surface area contributed by atoms with Gasteiger partial charge in [0.2, 0.25) is 0 Å². The molecular formula is C14H18OSi. The van der Waals surface area contributed by atoms with Crippen molar-refractivity contribution in [3.8, 4) is 11.5 Å². The lowest BCUT2D eigenvalue weighted by Gasteiger charge is -2.05. The largest absolute Gasteiger partial charge is 0.347 e. The summed E-state index contributed by atoms with van der Waals surface area (Å²) in [6, 6.07) is 10.3. The smallest absolute Gasteiger partial charge is 0.151 e. The lowest BCUT2D eigenvalue weighted by atomic mass is 9.98. The van der Waals surface area contributed by atoms with Crippen LogP contribution < -0.4 is 0 Å². The van der Waals surface area contributed by atoms with Gasteiger partial charge in [-0.15, -0.1) is 5.54 Å². The summed E-state index contributed by atoms with van der Waals surface area (Å²) < 4.78 is 5.73. The number of hydrogen-bond acceptors (Lipinski definition) is 1. The highest BCUT2D eigenvalue weighted by atomic mass is 28.3. The van der Waals surface area contributed by atoms with Crippen molar-refractivity contribution in [2.75, 3.05) is 0 Å². The molecule has 0 aromatic heterocycles. The third kappa shape index (κ3) is 2.37. The summed E-state index contributed by atoms with van der Waals surface area (Å²) >= 11 is 0. The van der Waals surface area contributed by atoms with Crippen molar-refractivity contribution >= 4 is 8.07 Å². The summed E-state index contributed by atoms with van der Waals surface area (Å²) in [6.07, 6.45) is 0.0848. The van der Waals surface area contributed by atoms with Crippen LogP contribution in [0, 0.1) is 11.5 Å². The van der Waals surface area contributed by atoms with E-state index in [0.717, 1.165) is 0 Å². The number of hydrogen-bond donors (Lipinski definition) is 0. The summed E-state index contributed by atoms with van der Waals surface area (Å²) in [5, 5.41) is 0. The highest BCUT2D eigenvalue weighted by Crippen LogP contribution is 2.45. The Morgan fingerprint density at radius 3 is 2.38 bits per heavy atom. The third-order valence-corrected chi connectivity index (χ3v) is 3.63. The average molecular weight is 230 g/mol. The third-order valence-electron chi connectivity index (χ3n) is 2.73. The van der Waals surface area contributed by atoms with Crippen LogP contribution in [0.25, 0.3) is 0 Å². The molecule has 0 bridgehead atoms. The predicted molar refractivity (Wildman–Crippen MR) is 69.8 cm³/mol. The van der Waals surface area contributed by atoms with Crippen molar-refractivity contribution in [1.29, 1.82) is 0 Å². The lowest BCUT2D eigenvalue weighted by Crippen LogP contribution is -2.17. The van der Waals surface area contributed by atoms with E-state index in [9.17, 15) is 0 Å². The van der Waals surface area contributed by atoms with Crippen LogP contribution in [0.5, 0.6) is 0 Å². The first-order valence-corrected chi connectivity index (χ1v) is 9.18. The highest BCUT2D eigenvalue weighted by molar-refractivity contribution is 6.83. The first-order chi connectivity index (χ1) is 7.42. The first kappa shape index (κ1) is 11.4. The van der Waals surface area contributed by atoms with Crippen molar-refractivity contribution < 1.29 is 4.74 Å². The fourth-order valence-corrected chi connectivity index (χ4v) is 2.21. The van der Waals surface area contributed by atoms with Gasteiger partial charge in [-0.3, -0.25) is 0 Å². The van der Waals surface area contributed by atoms with Crippen molar-refractivity contribution in [2.45, 2.75) is 38.3 Å². The van der Waals surface area contributed by atoms with Crippen LogP contribution in [0.3, 0.4) is 0 Å². The van der Waals surface area contributed by atoms with E-state index in [1.165, 1.54) is 5.56 Å². The van der Waals surface area contributed by atoms with E-state index in [-0.39, 0.29) is 11.7 Å². The van der Waals surface area contributed by atoms with Gasteiger partial charge in [0.1, 0.15) is 13.7 Å². The average Bonchev–Trinajstić information content (AvgIpc) is 2.89. The maximum Gasteiger partial charge on any atom is 0.151 e. The van der Waals surface area contributed by atoms with E-state index in [4.69, 9.17) is 4.74 Å². The molecule has 0 radical (unpaired) electrons. The summed E-state index contributed by atoms with van der Waals surface area (Å²) in [6.45, 7) is 8.87. The molecule has 0 unspecified atom stereocenters. The molecule has 0 saturated carbocycles. The van der Waals surface area contributed by atoms with Crippen LogP contribution in [0.15, 0.2) is 30.3 Å². The van der Waals surface area contributed by atoms with Crippen LogP contribution in [-0.4, -0.2) is 14.2 Å². The van der Waals surface area contributed by atoms with Gasteiger partial charge in [-0.1, -0.05) is 55.9 Å². The number of epoxide rings is 1. The standard InChI is InChI=1S/C14H18OSi/c1-14(12-8-6-5-7-9-12)13(15-14)10-11-16(2,3)4/h5-9,13H,1-4H3/t13-,14+/m1/s1. The SMILES string of the molecule is C[C@@]1(c2ccccc2)O[C@@H]1C#C[Si](C)(C)C. The van der Waals surface area contributed by atoms with Gasteiger partial charge >= 0.3 is 0 Å². The zero-order chi connectivity index (χ0) is 11.8. The van der Waals surface area contributed by atoms with Crippen LogP contribution in [0.1, 0.15) is 12.5 Å². The normalized spacial score (nSPS) is 28.1. The second-order valence-corrected chi connectivity index (χ2v) is 10.2. The Morgan fingerprint density at radius 1 is 1.19 bits per heavy atom. The van der Waals surface area contributed by atoms with Gasteiger partial charge in [0.25, 0.3) is 0 Å². The van der Waals surface area contributed by atoms with Crippen LogP contribution in [0.2, 0.25) is 19.6 Å². The molecular weight excluding hydrogens is 212 g/mol. The molecule has 16 heavy (non-hydrogen) atoms. The molecule has 1 aromatic rings. The molecule has 1 fully saturated rings. The second kappa shape index (κ2) is 3.76. The fourth-order valence-electron chi connectivity index (χ4n) is 1.65. The minimum atomic E-state index is -1.28. The van der Waals surface area contributed by atoms with E-state index in [0.29, 0.717) is 0 Å². The summed E-state index contributed by atoms with van der Waals surface area (Å²) in [4.78, 5) is 0. The Morgan fingerprint density at radius 2 is 1.81 bits per heavy atom. The highest BCUT2D eigenvalue weighted by Gasteiger charge is 2.52.